The summed E-state index contributed by atoms with van der Waals surface area (Å²) in [6.07, 6.45) is 0. The van der Waals surface area contributed by atoms with Gasteiger partial charge >= 0.3 is 0 Å². The van der Waals surface area contributed by atoms with E-state index in [2.05, 4.69) is 0 Å². The average Bonchev–Trinajstić information content (AvgIpc) is 2.69. The Morgan fingerprint density at radius 2 is 1.40 bits per heavy atom. The van der Waals surface area contributed by atoms with Gasteiger partial charge < -0.3 is 9.05 Å². The van der Waals surface area contributed by atoms with E-state index in [0.29, 0.717) is 0 Å². The maximum atomic E-state index is 13.2. The van der Waals surface area contributed by atoms with Gasteiger partial charge in [-0.3, -0.25) is 0 Å². The second-order valence-electron chi connectivity index (χ2n) is 2.74. The van der Waals surface area contributed by atoms with Crippen molar-refractivity contribution in [3.63, 3.8) is 0 Å². The number of rotatable bonds is 1. The predicted molar refractivity (Wildman–Crippen MR) is 44.7 cm³/mol. The minimum Gasteiger partial charge on any atom is -0.328 e. The molecule has 0 bridgehead atoms. The molecule has 1 aliphatic rings. The van der Waals surface area contributed by atoms with Crippen LogP contribution >= 0.6 is 8.38 Å². The number of hydrogen-bond donors (Lipinski definition) is 0. The summed E-state index contributed by atoms with van der Waals surface area (Å²) in [5, 5.41) is -0.792. The van der Waals surface area contributed by atoms with Gasteiger partial charge in [0.05, 0.1) is 13.2 Å². The molecule has 1 fully saturated rings. The van der Waals surface area contributed by atoms with Crippen molar-refractivity contribution in [1.82, 2.24) is 0 Å². The molecule has 2 rings (SSSR count). The molecular weight excluding hydrogens is 235 g/mol. The summed E-state index contributed by atoms with van der Waals surface area (Å²) in [5.41, 5.74) is 0. The maximum absolute atomic E-state index is 13.2. The molecule has 0 amide bonds. The third-order valence-corrected chi connectivity index (χ3v) is 3.36. The van der Waals surface area contributed by atoms with E-state index in [0.717, 1.165) is 0 Å². The van der Waals surface area contributed by atoms with Crippen LogP contribution in [0.4, 0.5) is 17.6 Å². The Morgan fingerprint density at radius 3 is 1.87 bits per heavy atom. The van der Waals surface area contributed by atoms with Crippen LogP contribution in [-0.4, -0.2) is 13.2 Å². The monoisotopic (exact) mass is 240 g/mol. The maximum Gasteiger partial charge on any atom is 0.211 e. The first-order valence-corrected chi connectivity index (χ1v) is 5.18. The number of halogens is 4. The summed E-state index contributed by atoms with van der Waals surface area (Å²) < 4.78 is 61.6. The van der Waals surface area contributed by atoms with Gasteiger partial charge in [0.1, 0.15) is 5.30 Å². The summed E-state index contributed by atoms with van der Waals surface area (Å²) in [5.74, 6) is -5.82. The van der Waals surface area contributed by atoms with E-state index in [1.807, 2.05) is 0 Å². The first kappa shape index (κ1) is 10.8. The molecule has 1 aliphatic heterocycles. The molecule has 1 aromatic carbocycles. The Hall–Kier alpha value is -0.710. The van der Waals surface area contributed by atoms with Gasteiger partial charge in [0.2, 0.25) is 8.38 Å². The van der Waals surface area contributed by atoms with Crippen molar-refractivity contribution in [3.05, 3.63) is 29.3 Å². The van der Waals surface area contributed by atoms with E-state index >= 15 is 0 Å². The lowest BCUT2D eigenvalue weighted by atomic mass is 10.3. The first-order chi connectivity index (χ1) is 7.11. The van der Waals surface area contributed by atoms with Crippen molar-refractivity contribution in [2.75, 3.05) is 13.2 Å². The Bertz CT molecular complexity index is 366. The molecule has 0 unspecified atom stereocenters. The van der Waals surface area contributed by atoms with Crippen molar-refractivity contribution in [1.29, 1.82) is 0 Å². The summed E-state index contributed by atoms with van der Waals surface area (Å²) in [6.45, 7) is 0.311. The van der Waals surface area contributed by atoms with E-state index in [1.165, 1.54) is 0 Å². The van der Waals surface area contributed by atoms with Gasteiger partial charge in [0.15, 0.2) is 23.3 Å². The molecule has 2 nitrogen and oxygen atoms in total. The highest BCUT2D eigenvalue weighted by atomic mass is 31.2. The normalized spacial score (nSPS) is 17.3. The van der Waals surface area contributed by atoms with Crippen LogP contribution in [0.25, 0.3) is 0 Å². The van der Waals surface area contributed by atoms with E-state index in [-0.39, 0.29) is 19.3 Å². The average molecular weight is 240 g/mol. The van der Waals surface area contributed by atoms with E-state index in [4.69, 9.17) is 9.05 Å². The molecule has 0 aliphatic carbocycles. The molecule has 15 heavy (non-hydrogen) atoms. The molecular formula is C8H5F4O2P. The van der Waals surface area contributed by atoms with Crippen LogP contribution in [0, 0.1) is 23.3 Å². The molecule has 0 radical (unpaired) electrons. The van der Waals surface area contributed by atoms with Crippen LogP contribution in [0.1, 0.15) is 0 Å². The zero-order valence-corrected chi connectivity index (χ0v) is 8.16. The first-order valence-electron chi connectivity index (χ1n) is 4.00. The van der Waals surface area contributed by atoms with Crippen LogP contribution in [0.5, 0.6) is 0 Å². The Labute approximate surface area is 83.7 Å². The molecule has 0 saturated carbocycles. The zero-order valence-electron chi connectivity index (χ0n) is 7.27. The topological polar surface area (TPSA) is 18.5 Å². The van der Waals surface area contributed by atoms with Crippen molar-refractivity contribution < 1.29 is 26.6 Å². The Kier molecular flexibility index (Phi) is 2.91. The summed E-state index contributed by atoms with van der Waals surface area (Å²) in [6, 6.07) is 0.152. The highest BCUT2D eigenvalue weighted by Gasteiger charge is 2.31. The van der Waals surface area contributed by atoms with Gasteiger partial charge in [0.25, 0.3) is 0 Å². The SMILES string of the molecule is Fc1cc(F)c(F)c(P2OCCO2)c1F. The van der Waals surface area contributed by atoms with Gasteiger partial charge in [-0.05, 0) is 0 Å². The lowest BCUT2D eigenvalue weighted by molar-refractivity contribution is 0.365. The quantitative estimate of drug-likeness (QED) is 0.425. The zero-order chi connectivity index (χ0) is 11.0. The van der Waals surface area contributed by atoms with Gasteiger partial charge in [-0.1, -0.05) is 0 Å². The van der Waals surface area contributed by atoms with Crippen molar-refractivity contribution >= 4 is 13.7 Å². The highest BCUT2D eigenvalue weighted by Crippen LogP contribution is 2.43. The minimum absolute atomic E-state index is 0.152. The number of benzene rings is 1. The largest absolute Gasteiger partial charge is 0.328 e. The highest BCUT2D eigenvalue weighted by molar-refractivity contribution is 7.56. The van der Waals surface area contributed by atoms with Crippen molar-refractivity contribution in [3.8, 4) is 0 Å². The fourth-order valence-electron chi connectivity index (χ4n) is 1.13. The molecule has 0 N–H and O–H groups in total. The summed E-state index contributed by atoms with van der Waals surface area (Å²) in [7, 11) is -2.04. The second kappa shape index (κ2) is 4.04. The smallest absolute Gasteiger partial charge is 0.211 e. The molecule has 82 valence electrons. The third-order valence-electron chi connectivity index (χ3n) is 1.77. The van der Waals surface area contributed by atoms with Crippen LogP contribution in [0.2, 0.25) is 0 Å². The molecule has 1 aromatic rings. The van der Waals surface area contributed by atoms with Crippen LogP contribution in [0.15, 0.2) is 6.07 Å². The van der Waals surface area contributed by atoms with Gasteiger partial charge in [-0.25, -0.2) is 17.6 Å². The molecule has 0 aromatic heterocycles. The van der Waals surface area contributed by atoms with E-state index in [9.17, 15) is 17.6 Å². The molecule has 7 heteroatoms. The summed E-state index contributed by atoms with van der Waals surface area (Å²) >= 11 is 0. The molecule has 1 saturated heterocycles. The van der Waals surface area contributed by atoms with Gasteiger partial charge in [0, 0.05) is 6.07 Å². The summed E-state index contributed by atoms with van der Waals surface area (Å²) in [4.78, 5) is 0. The Balaban J connectivity index is 2.52. The fraction of sp³-hybridized carbons (Fsp3) is 0.250. The van der Waals surface area contributed by atoms with Gasteiger partial charge in [-0.2, -0.15) is 0 Å². The second-order valence-corrected chi connectivity index (χ2v) is 4.22. The predicted octanol–water partition coefficient (Wildman–Crippen LogP) is 2.23. The standard InChI is InChI=1S/C8H5F4O2P/c9-4-3-5(10)7(12)8(6(4)11)15-13-1-2-14-15/h3H,1-2H2. The van der Waals surface area contributed by atoms with E-state index < -0.39 is 36.9 Å². The lowest BCUT2D eigenvalue weighted by Crippen LogP contribution is -2.16. The number of hydrogen-bond acceptors (Lipinski definition) is 2. The molecule has 1 heterocycles. The lowest BCUT2D eigenvalue weighted by Gasteiger charge is -2.10. The van der Waals surface area contributed by atoms with Crippen LogP contribution in [0.3, 0.4) is 0 Å². The Morgan fingerprint density at radius 1 is 0.933 bits per heavy atom. The molecule has 0 spiro atoms. The van der Waals surface area contributed by atoms with Crippen LogP contribution in [-0.2, 0) is 9.05 Å². The van der Waals surface area contributed by atoms with Crippen LogP contribution < -0.4 is 5.30 Å². The fourth-order valence-corrected chi connectivity index (χ4v) is 2.48. The van der Waals surface area contributed by atoms with Crippen molar-refractivity contribution in [2.24, 2.45) is 0 Å². The third kappa shape index (κ3) is 1.85. The van der Waals surface area contributed by atoms with Crippen molar-refractivity contribution in [2.45, 2.75) is 0 Å². The van der Waals surface area contributed by atoms with E-state index in [1.54, 1.807) is 0 Å². The minimum atomic E-state index is -2.04. The molecule has 0 atom stereocenters. The van der Waals surface area contributed by atoms with Gasteiger partial charge in [-0.15, -0.1) is 0 Å².